The van der Waals surface area contributed by atoms with Crippen molar-refractivity contribution < 1.29 is 19.1 Å². The molecule has 1 aromatic heterocycles. The highest BCUT2D eigenvalue weighted by atomic mass is 32.1. The number of nitrogens with zero attached hydrogens (tertiary/aromatic N) is 3. The van der Waals surface area contributed by atoms with Crippen LogP contribution in [-0.4, -0.2) is 47.8 Å². The van der Waals surface area contributed by atoms with Crippen molar-refractivity contribution in [1.29, 1.82) is 0 Å². The van der Waals surface area contributed by atoms with Gasteiger partial charge in [-0.2, -0.15) is 5.10 Å². The lowest BCUT2D eigenvalue weighted by molar-refractivity contribution is -0.141. The lowest BCUT2D eigenvalue weighted by Crippen LogP contribution is -2.39. The summed E-state index contributed by atoms with van der Waals surface area (Å²) in [5, 5.41) is 8.19. The fraction of sp³-hybridized carbons (Fsp3) is 0.381. The van der Waals surface area contributed by atoms with Crippen LogP contribution in [0.4, 0.5) is 0 Å². The van der Waals surface area contributed by atoms with E-state index in [4.69, 9.17) is 9.47 Å². The van der Waals surface area contributed by atoms with Crippen LogP contribution in [0.1, 0.15) is 35.7 Å². The molecule has 2 aromatic rings. The molecule has 0 spiro atoms. The van der Waals surface area contributed by atoms with Gasteiger partial charge in [-0.3, -0.25) is 9.59 Å². The molecule has 150 valence electrons. The fourth-order valence-electron chi connectivity index (χ4n) is 3.71. The first kappa shape index (κ1) is 18.2. The van der Waals surface area contributed by atoms with Gasteiger partial charge in [0.15, 0.2) is 11.5 Å². The minimum Gasteiger partial charge on any atom is -0.454 e. The molecule has 7 nitrogen and oxygen atoms in total. The standard InChI is InChI=1S/C21H21N3O4S/c1-23(21(26)13-4-5-13)11-20(25)24-16(10-15(22-24)19-3-2-8-29-19)14-6-7-17-18(9-14)28-12-27-17/h2-3,6-9,13,16H,4-5,10-12H2,1H3/t16-/m0/s1. The second-order valence-corrected chi connectivity index (χ2v) is 8.51. The first-order valence-electron chi connectivity index (χ1n) is 9.68. The number of fused-ring (bicyclic) bond motifs is 1. The molecule has 1 saturated carbocycles. The zero-order valence-electron chi connectivity index (χ0n) is 16.0. The van der Waals surface area contributed by atoms with Crippen molar-refractivity contribution in [1.82, 2.24) is 9.91 Å². The molecule has 1 fully saturated rings. The third-order valence-corrected chi connectivity index (χ3v) is 6.35. The van der Waals surface area contributed by atoms with Crippen LogP contribution in [0.15, 0.2) is 40.8 Å². The SMILES string of the molecule is CN(CC(=O)N1N=C(c2cccs2)C[C@H]1c1ccc2c(c1)OCO2)C(=O)C1CC1. The Bertz CT molecular complexity index is 984. The molecule has 1 atom stereocenters. The van der Waals surface area contributed by atoms with E-state index in [2.05, 4.69) is 5.10 Å². The van der Waals surface area contributed by atoms with Crippen LogP contribution in [0.2, 0.25) is 0 Å². The number of carbonyl (C=O) groups excluding carboxylic acids is 2. The number of amides is 2. The van der Waals surface area contributed by atoms with Crippen LogP contribution in [0.25, 0.3) is 0 Å². The van der Waals surface area contributed by atoms with Gasteiger partial charge in [0.2, 0.25) is 12.7 Å². The molecular formula is C21H21N3O4S. The quantitative estimate of drug-likeness (QED) is 0.758. The average molecular weight is 411 g/mol. The molecule has 5 rings (SSSR count). The molecule has 29 heavy (non-hydrogen) atoms. The molecule has 0 N–H and O–H groups in total. The summed E-state index contributed by atoms with van der Waals surface area (Å²) in [5.74, 6) is 1.33. The van der Waals surface area contributed by atoms with E-state index in [0.29, 0.717) is 17.9 Å². The van der Waals surface area contributed by atoms with Gasteiger partial charge in [0.05, 0.1) is 16.6 Å². The molecule has 1 aliphatic carbocycles. The maximum Gasteiger partial charge on any atom is 0.262 e. The predicted octanol–water partition coefficient (Wildman–Crippen LogP) is 3.02. The van der Waals surface area contributed by atoms with E-state index < -0.39 is 0 Å². The van der Waals surface area contributed by atoms with Crippen LogP contribution < -0.4 is 9.47 Å². The Labute approximate surface area is 172 Å². The second kappa shape index (κ2) is 7.18. The van der Waals surface area contributed by atoms with Crippen molar-refractivity contribution in [3.63, 3.8) is 0 Å². The lowest BCUT2D eigenvalue weighted by atomic mass is 10.0. The molecule has 3 aliphatic rings. The Morgan fingerprint density at radius 3 is 2.83 bits per heavy atom. The van der Waals surface area contributed by atoms with Crippen molar-refractivity contribution in [2.45, 2.75) is 25.3 Å². The smallest absolute Gasteiger partial charge is 0.262 e. The maximum atomic E-state index is 13.1. The van der Waals surface area contributed by atoms with E-state index in [1.807, 2.05) is 35.7 Å². The largest absolute Gasteiger partial charge is 0.454 e. The molecule has 2 amide bonds. The van der Waals surface area contributed by atoms with Gasteiger partial charge in [-0.15, -0.1) is 11.3 Å². The zero-order valence-corrected chi connectivity index (χ0v) is 16.9. The summed E-state index contributed by atoms with van der Waals surface area (Å²) in [7, 11) is 1.69. The normalized spacial score (nSPS) is 20.0. The van der Waals surface area contributed by atoms with Crippen molar-refractivity contribution in [2.75, 3.05) is 20.4 Å². The number of hydrogen-bond donors (Lipinski definition) is 0. The molecule has 3 heterocycles. The van der Waals surface area contributed by atoms with Gasteiger partial charge in [0.25, 0.3) is 5.91 Å². The third kappa shape index (κ3) is 3.48. The Morgan fingerprint density at radius 1 is 1.24 bits per heavy atom. The Kier molecular flexibility index (Phi) is 4.50. The minimum atomic E-state index is -0.237. The Balaban J connectivity index is 1.41. The summed E-state index contributed by atoms with van der Waals surface area (Å²) in [6.45, 7) is 0.231. The van der Waals surface area contributed by atoms with Gasteiger partial charge in [-0.1, -0.05) is 12.1 Å². The summed E-state index contributed by atoms with van der Waals surface area (Å²) in [6.07, 6.45) is 2.45. The summed E-state index contributed by atoms with van der Waals surface area (Å²) in [5.41, 5.74) is 1.82. The molecular weight excluding hydrogens is 390 g/mol. The highest BCUT2D eigenvalue weighted by Crippen LogP contribution is 2.39. The van der Waals surface area contributed by atoms with Crippen LogP contribution in [0.5, 0.6) is 11.5 Å². The van der Waals surface area contributed by atoms with Crippen LogP contribution in [0, 0.1) is 5.92 Å². The minimum absolute atomic E-state index is 0.0254. The number of benzene rings is 1. The molecule has 0 saturated heterocycles. The second-order valence-electron chi connectivity index (χ2n) is 7.56. The molecule has 1 aromatic carbocycles. The van der Waals surface area contributed by atoms with E-state index >= 15 is 0 Å². The number of likely N-dealkylation sites (N-methyl/N-ethyl adjacent to an activating group) is 1. The number of hydrogen-bond acceptors (Lipinski definition) is 6. The van der Waals surface area contributed by atoms with E-state index in [1.165, 1.54) is 9.91 Å². The first-order chi connectivity index (χ1) is 14.1. The van der Waals surface area contributed by atoms with Gasteiger partial charge in [0.1, 0.15) is 6.54 Å². The van der Waals surface area contributed by atoms with Gasteiger partial charge in [0, 0.05) is 19.4 Å². The molecule has 0 unspecified atom stereocenters. The monoisotopic (exact) mass is 411 g/mol. The summed E-state index contributed by atoms with van der Waals surface area (Å²) < 4.78 is 10.9. The summed E-state index contributed by atoms with van der Waals surface area (Å²) >= 11 is 1.60. The average Bonchev–Trinajstić information content (AvgIpc) is 3.15. The van der Waals surface area contributed by atoms with E-state index in [1.54, 1.807) is 18.4 Å². The van der Waals surface area contributed by atoms with Gasteiger partial charge in [-0.25, -0.2) is 5.01 Å². The molecule has 2 aliphatic heterocycles. The predicted molar refractivity (Wildman–Crippen MR) is 108 cm³/mol. The number of hydrazone groups is 1. The van der Waals surface area contributed by atoms with Gasteiger partial charge in [-0.05, 0) is 42.0 Å². The number of rotatable bonds is 5. The Hall–Kier alpha value is -2.87. The highest BCUT2D eigenvalue weighted by molar-refractivity contribution is 7.12. The van der Waals surface area contributed by atoms with Crippen molar-refractivity contribution in [2.24, 2.45) is 11.0 Å². The fourth-order valence-corrected chi connectivity index (χ4v) is 4.43. The molecule has 8 heteroatoms. The first-order valence-corrected chi connectivity index (χ1v) is 10.6. The topological polar surface area (TPSA) is 71.4 Å². The van der Waals surface area contributed by atoms with Crippen LogP contribution in [-0.2, 0) is 9.59 Å². The van der Waals surface area contributed by atoms with Crippen LogP contribution >= 0.6 is 11.3 Å². The lowest BCUT2D eigenvalue weighted by Gasteiger charge is -2.25. The van der Waals surface area contributed by atoms with Crippen LogP contribution in [0.3, 0.4) is 0 Å². The number of carbonyl (C=O) groups is 2. The third-order valence-electron chi connectivity index (χ3n) is 5.43. The van der Waals surface area contributed by atoms with Gasteiger partial charge < -0.3 is 14.4 Å². The van der Waals surface area contributed by atoms with Crippen molar-refractivity contribution >= 4 is 28.9 Å². The molecule has 0 bridgehead atoms. The van der Waals surface area contributed by atoms with E-state index in [-0.39, 0.29) is 37.1 Å². The summed E-state index contributed by atoms with van der Waals surface area (Å²) in [4.78, 5) is 28.0. The summed E-state index contributed by atoms with van der Waals surface area (Å²) in [6, 6.07) is 9.48. The molecule has 0 radical (unpaired) electrons. The van der Waals surface area contributed by atoms with E-state index in [9.17, 15) is 9.59 Å². The van der Waals surface area contributed by atoms with Crippen molar-refractivity contribution in [3.8, 4) is 11.5 Å². The zero-order chi connectivity index (χ0) is 20.0. The number of thiophene rings is 1. The maximum absolute atomic E-state index is 13.1. The van der Waals surface area contributed by atoms with E-state index in [0.717, 1.165) is 29.0 Å². The van der Waals surface area contributed by atoms with Crippen molar-refractivity contribution in [3.05, 3.63) is 46.2 Å². The highest BCUT2D eigenvalue weighted by Gasteiger charge is 2.37. The van der Waals surface area contributed by atoms with Gasteiger partial charge >= 0.3 is 0 Å². The Morgan fingerprint density at radius 2 is 2.07 bits per heavy atom. The number of ether oxygens (including phenoxy) is 2.